The molecule has 0 radical (unpaired) electrons. The van der Waals surface area contributed by atoms with Gasteiger partial charge in [-0.1, -0.05) is 22.9 Å². The van der Waals surface area contributed by atoms with Gasteiger partial charge in [-0.05, 0) is 19.8 Å². The Labute approximate surface area is 91.9 Å². The molecule has 0 aromatic carbocycles. The first-order valence-corrected chi connectivity index (χ1v) is 6.32. The Morgan fingerprint density at radius 1 is 1.69 bits per heavy atom. The van der Waals surface area contributed by atoms with Gasteiger partial charge in [0.1, 0.15) is 0 Å². The first kappa shape index (κ1) is 11.0. The van der Waals surface area contributed by atoms with Gasteiger partial charge in [-0.15, -0.1) is 11.3 Å². The zero-order valence-electron chi connectivity index (χ0n) is 8.01. The van der Waals surface area contributed by atoms with Gasteiger partial charge in [0.2, 0.25) is 0 Å². The molecule has 1 aromatic rings. The van der Waals surface area contributed by atoms with Crippen molar-refractivity contribution in [3.05, 3.63) is 11.1 Å². The number of halogens is 1. The van der Waals surface area contributed by atoms with Crippen LogP contribution >= 0.6 is 27.3 Å². The summed E-state index contributed by atoms with van der Waals surface area (Å²) in [6, 6.07) is 0. The molecule has 0 aliphatic rings. The van der Waals surface area contributed by atoms with Gasteiger partial charge in [-0.2, -0.15) is 0 Å². The third-order valence-corrected chi connectivity index (χ3v) is 3.82. The number of nitrogens with zero attached hydrogens (tertiary/aromatic N) is 1. The highest BCUT2D eigenvalue weighted by molar-refractivity contribution is 9.09. The van der Waals surface area contributed by atoms with E-state index in [1.807, 2.05) is 6.92 Å². The topological polar surface area (TPSA) is 24.9 Å². The number of alkyl halides is 1. The summed E-state index contributed by atoms with van der Waals surface area (Å²) in [4.78, 5) is 4.95. The maximum Gasteiger partial charge on any atom is 0.182 e. The number of hydrogen-bond donors (Lipinski definition) is 1. The largest absolute Gasteiger partial charge is 0.361 e. The van der Waals surface area contributed by atoms with Crippen LogP contribution in [0.25, 0.3) is 0 Å². The Hall–Kier alpha value is -0.0900. The fraction of sp³-hybridized carbons (Fsp3) is 0.667. The maximum absolute atomic E-state index is 4.33. The van der Waals surface area contributed by atoms with E-state index < -0.39 is 0 Å². The van der Waals surface area contributed by atoms with Crippen LogP contribution in [-0.2, 0) is 0 Å². The Morgan fingerprint density at radius 3 is 3.00 bits per heavy atom. The molecule has 1 unspecified atom stereocenters. The average Bonchev–Trinajstić information content (AvgIpc) is 2.51. The molecule has 0 bridgehead atoms. The lowest BCUT2D eigenvalue weighted by molar-refractivity contribution is 0.774. The Morgan fingerprint density at radius 2 is 2.46 bits per heavy atom. The molecule has 1 rings (SSSR count). The number of thiazole rings is 1. The predicted octanol–water partition coefficient (Wildman–Crippen LogP) is 3.43. The number of hydrogen-bond acceptors (Lipinski definition) is 3. The van der Waals surface area contributed by atoms with Crippen LogP contribution in [0.15, 0.2) is 5.38 Å². The maximum atomic E-state index is 4.33. The molecule has 74 valence electrons. The van der Waals surface area contributed by atoms with E-state index in [9.17, 15) is 0 Å². The van der Waals surface area contributed by atoms with E-state index >= 15 is 0 Å². The zero-order chi connectivity index (χ0) is 9.68. The monoisotopic (exact) mass is 262 g/mol. The summed E-state index contributed by atoms with van der Waals surface area (Å²) in [7, 11) is 0. The molecule has 0 spiro atoms. The quantitative estimate of drug-likeness (QED) is 0.823. The van der Waals surface area contributed by atoms with E-state index in [2.05, 4.69) is 38.5 Å². The van der Waals surface area contributed by atoms with Crippen molar-refractivity contribution in [2.24, 2.45) is 0 Å². The summed E-state index contributed by atoms with van der Waals surface area (Å²) < 4.78 is 0. The molecular formula is C9H15BrN2S. The molecule has 1 atom stereocenters. The Kier molecular flexibility index (Phi) is 4.73. The van der Waals surface area contributed by atoms with Crippen molar-refractivity contribution in [2.45, 2.75) is 31.5 Å². The number of anilines is 1. The lowest BCUT2D eigenvalue weighted by Gasteiger charge is -2.06. The van der Waals surface area contributed by atoms with Crippen LogP contribution in [-0.4, -0.2) is 16.4 Å². The molecule has 0 fully saturated rings. The van der Waals surface area contributed by atoms with Crippen molar-refractivity contribution in [1.82, 2.24) is 4.98 Å². The SMILES string of the molecule is CCC(Br)CCNc1nc(C)cs1. The first-order chi connectivity index (χ1) is 6.22. The lowest BCUT2D eigenvalue weighted by Crippen LogP contribution is -2.07. The van der Waals surface area contributed by atoms with Gasteiger partial charge in [-0.25, -0.2) is 4.98 Å². The second-order valence-corrected chi connectivity index (χ2v) is 5.17. The van der Waals surface area contributed by atoms with Crippen molar-refractivity contribution >= 4 is 32.4 Å². The van der Waals surface area contributed by atoms with Gasteiger partial charge >= 0.3 is 0 Å². The molecule has 0 aliphatic heterocycles. The smallest absolute Gasteiger partial charge is 0.182 e. The Bertz CT molecular complexity index is 250. The number of rotatable bonds is 5. The van der Waals surface area contributed by atoms with Crippen LogP contribution in [0, 0.1) is 6.92 Å². The number of aromatic nitrogens is 1. The molecule has 4 heteroatoms. The van der Waals surface area contributed by atoms with E-state index in [-0.39, 0.29) is 0 Å². The van der Waals surface area contributed by atoms with E-state index in [4.69, 9.17) is 0 Å². The minimum absolute atomic E-state index is 0.626. The molecule has 1 heterocycles. The molecule has 2 nitrogen and oxygen atoms in total. The minimum atomic E-state index is 0.626. The van der Waals surface area contributed by atoms with Crippen LogP contribution < -0.4 is 5.32 Å². The molecule has 0 amide bonds. The molecule has 1 aromatic heterocycles. The average molecular weight is 263 g/mol. The van der Waals surface area contributed by atoms with Crippen LogP contribution in [0.1, 0.15) is 25.5 Å². The van der Waals surface area contributed by atoms with E-state index in [1.54, 1.807) is 11.3 Å². The zero-order valence-corrected chi connectivity index (χ0v) is 10.4. The van der Waals surface area contributed by atoms with Crippen LogP contribution in [0.3, 0.4) is 0 Å². The highest BCUT2D eigenvalue weighted by atomic mass is 79.9. The van der Waals surface area contributed by atoms with Gasteiger partial charge in [0.15, 0.2) is 5.13 Å². The van der Waals surface area contributed by atoms with Crippen LogP contribution in [0.4, 0.5) is 5.13 Å². The van der Waals surface area contributed by atoms with Crippen LogP contribution in [0.5, 0.6) is 0 Å². The van der Waals surface area contributed by atoms with Crippen molar-refractivity contribution in [3.8, 4) is 0 Å². The highest BCUT2D eigenvalue weighted by Crippen LogP contribution is 2.15. The second-order valence-electron chi connectivity index (χ2n) is 3.02. The van der Waals surface area contributed by atoms with E-state index in [0.717, 1.165) is 23.8 Å². The molecule has 0 saturated heterocycles. The number of aryl methyl sites for hydroxylation is 1. The Balaban J connectivity index is 2.20. The lowest BCUT2D eigenvalue weighted by atomic mass is 10.2. The standard InChI is InChI=1S/C9H15BrN2S/c1-3-8(10)4-5-11-9-12-7(2)6-13-9/h6,8H,3-5H2,1-2H3,(H,11,12). The predicted molar refractivity (Wildman–Crippen MR) is 63.0 cm³/mol. The van der Waals surface area contributed by atoms with Gasteiger partial charge in [0.05, 0.1) is 5.69 Å². The summed E-state index contributed by atoms with van der Waals surface area (Å²) in [5, 5.41) is 6.41. The molecule has 0 saturated carbocycles. The molecule has 0 aliphatic carbocycles. The molecular weight excluding hydrogens is 248 g/mol. The fourth-order valence-electron chi connectivity index (χ4n) is 0.975. The van der Waals surface area contributed by atoms with Gasteiger partial charge in [0, 0.05) is 16.8 Å². The second kappa shape index (κ2) is 5.60. The van der Waals surface area contributed by atoms with Crippen molar-refractivity contribution < 1.29 is 0 Å². The van der Waals surface area contributed by atoms with E-state index in [1.165, 1.54) is 6.42 Å². The summed E-state index contributed by atoms with van der Waals surface area (Å²) in [5.41, 5.74) is 1.10. The van der Waals surface area contributed by atoms with Crippen molar-refractivity contribution in [1.29, 1.82) is 0 Å². The third-order valence-electron chi connectivity index (χ3n) is 1.80. The third kappa shape index (κ3) is 4.09. The van der Waals surface area contributed by atoms with Crippen molar-refractivity contribution in [3.63, 3.8) is 0 Å². The highest BCUT2D eigenvalue weighted by Gasteiger charge is 2.01. The molecule has 1 N–H and O–H groups in total. The number of nitrogens with one attached hydrogen (secondary N) is 1. The van der Waals surface area contributed by atoms with Gasteiger partial charge < -0.3 is 5.32 Å². The summed E-state index contributed by atoms with van der Waals surface area (Å²) in [5.74, 6) is 0. The van der Waals surface area contributed by atoms with Gasteiger partial charge in [-0.3, -0.25) is 0 Å². The van der Waals surface area contributed by atoms with E-state index in [0.29, 0.717) is 4.83 Å². The summed E-state index contributed by atoms with van der Waals surface area (Å²) in [6.07, 6.45) is 2.33. The van der Waals surface area contributed by atoms with Gasteiger partial charge in [0.25, 0.3) is 0 Å². The summed E-state index contributed by atoms with van der Waals surface area (Å²) >= 11 is 5.27. The normalized spacial score (nSPS) is 12.8. The first-order valence-electron chi connectivity index (χ1n) is 4.52. The minimum Gasteiger partial charge on any atom is -0.361 e. The fourth-order valence-corrected chi connectivity index (χ4v) is 1.92. The molecule has 13 heavy (non-hydrogen) atoms. The van der Waals surface area contributed by atoms with Crippen LogP contribution in [0.2, 0.25) is 0 Å². The van der Waals surface area contributed by atoms with Crippen molar-refractivity contribution in [2.75, 3.05) is 11.9 Å². The summed E-state index contributed by atoms with van der Waals surface area (Å²) in [6.45, 7) is 5.20.